The maximum Gasteiger partial charge on any atom is 0.226 e. The van der Waals surface area contributed by atoms with Crippen LogP contribution in [0.2, 0.25) is 0 Å². The molecule has 0 radical (unpaired) electrons. The van der Waals surface area contributed by atoms with Crippen molar-refractivity contribution < 1.29 is 9.53 Å². The van der Waals surface area contributed by atoms with Crippen molar-refractivity contribution in [1.82, 2.24) is 4.90 Å². The highest BCUT2D eigenvalue weighted by Crippen LogP contribution is 2.29. The van der Waals surface area contributed by atoms with Crippen molar-refractivity contribution in [3.63, 3.8) is 0 Å². The largest absolute Gasteiger partial charge is 0.377 e. The number of benzene rings is 1. The van der Waals surface area contributed by atoms with Gasteiger partial charge in [0, 0.05) is 12.5 Å². The third-order valence-corrected chi connectivity index (χ3v) is 4.28. The number of carbonyl (C=O) groups is 1. The van der Waals surface area contributed by atoms with E-state index < -0.39 is 0 Å². The van der Waals surface area contributed by atoms with Crippen molar-refractivity contribution in [3.05, 3.63) is 35.9 Å². The lowest BCUT2D eigenvalue weighted by atomic mass is 9.84. The standard InChI is InChI=1S/C16H21NO2/c18-16(14-7-4-8-14)17-9-10-19-12-15(17)11-13-5-2-1-3-6-13/h1-3,5-6,14-15H,4,7-12H2. The SMILES string of the molecule is O=C(C1CCC1)N1CCOCC1Cc1ccccc1. The van der Waals surface area contributed by atoms with E-state index in [9.17, 15) is 4.79 Å². The molecule has 1 aromatic carbocycles. The van der Waals surface area contributed by atoms with Gasteiger partial charge in [-0.3, -0.25) is 4.79 Å². The molecule has 1 saturated heterocycles. The van der Waals surface area contributed by atoms with Gasteiger partial charge in [-0.1, -0.05) is 36.8 Å². The second kappa shape index (κ2) is 5.74. The van der Waals surface area contributed by atoms with E-state index in [1.165, 1.54) is 12.0 Å². The molecule has 0 bridgehead atoms. The van der Waals surface area contributed by atoms with Crippen LogP contribution in [-0.4, -0.2) is 36.6 Å². The first-order valence-electron chi connectivity index (χ1n) is 7.27. The van der Waals surface area contributed by atoms with Crippen LogP contribution in [0.5, 0.6) is 0 Å². The number of hydrogen-bond acceptors (Lipinski definition) is 2. The average molecular weight is 259 g/mol. The number of hydrogen-bond donors (Lipinski definition) is 0. The molecule has 1 aliphatic carbocycles. The van der Waals surface area contributed by atoms with Crippen molar-refractivity contribution in [2.24, 2.45) is 5.92 Å². The first-order valence-corrected chi connectivity index (χ1v) is 7.27. The summed E-state index contributed by atoms with van der Waals surface area (Å²) in [7, 11) is 0. The van der Waals surface area contributed by atoms with Crippen LogP contribution in [0.3, 0.4) is 0 Å². The Balaban J connectivity index is 1.68. The molecule has 0 aromatic heterocycles. The normalized spacial score (nSPS) is 24.0. The minimum Gasteiger partial charge on any atom is -0.377 e. The van der Waals surface area contributed by atoms with Crippen LogP contribution in [0, 0.1) is 5.92 Å². The van der Waals surface area contributed by atoms with E-state index in [0.717, 1.165) is 25.8 Å². The number of nitrogens with zero attached hydrogens (tertiary/aromatic N) is 1. The van der Waals surface area contributed by atoms with Gasteiger partial charge in [-0.2, -0.15) is 0 Å². The number of carbonyl (C=O) groups excluding carboxylic acids is 1. The minimum absolute atomic E-state index is 0.212. The van der Waals surface area contributed by atoms with Crippen LogP contribution in [0.15, 0.2) is 30.3 Å². The Morgan fingerprint density at radius 3 is 2.74 bits per heavy atom. The van der Waals surface area contributed by atoms with Gasteiger partial charge in [-0.05, 0) is 24.8 Å². The summed E-state index contributed by atoms with van der Waals surface area (Å²) in [4.78, 5) is 14.5. The summed E-state index contributed by atoms with van der Waals surface area (Å²) in [5, 5.41) is 0. The lowest BCUT2D eigenvalue weighted by molar-refractivity contribution is -0.146. The topological polar surface area (TPSA) is 29.5 Å². The smallest absolute Gasteiger partial charge is 0.226 e. The Hall–Kier alpha value is -1.35. The number of amides is 1. The van der Waals surface area contributed by atoms with E-state index in [4.69, 9.17) is 4.74 Å². The molecule has 1 saturated carbocycles. The van der Waals surface area contributed by atoms with Crippen molar-refractivity contribution >= 4 is 5.91 Å². The summed E-state index contributed by atoms with van der Waals surface area (Å²) < 4.78 is 5.57. The average Bonchev–Trinajstić information content (AvgIpc) is 2.38. The molecule has 1 unspecified atom stereocenters. The summed E-state index contributed by atoms with van der Waals surface area (Å²) in [6.07, 6.45) is 4.27. The molecule has 1 aromatic rings. The van der Waals surface area contributed by atoms with Crippen molar-refractivity contribution in [2.45, 2.75) is 31.7 Å². The third kappa shape index (κ3) is 2.81. The first kappa shape index (κ1) is 12.7. The second-order valence-corrected chi connectivity index (χ2v) is 5.58. The van der Waals surface area contributed by atoms with Gasteiger partial charge in [-0.15, -0.1) is 0 Å². The highest BCUT2D eigenvalue weighted by atomic mass is 16.5. The molecule has 19 heavy (non-hydrogen) atoms. The lowest BCUT2D eigenvalue weighted by Gasteiger charge is -2.39. The molecule has 3 rings (SSSR count). The predicted molar refractivity (Wildman–Crippen MR) is 73.8 cm³/mol. The molecule has 102 valence electrons. The van der Waals surface area contributed by atoms with Crippen LogP contribution in [0.25, 0.3) is 0 Å². The van der Waals surface area contributed by atoms with E-state index >= 15 is 0 Å². The molecule has 3 heteroatoms. The van der Waals surface area contributed by atoms with Gasteiger partial charge in [0.1, 0.15) is 0 Å². The predicted octanol–water partition coefficient (Wildman–Crippen LogP) is 2.26. The fraction of sp³-hybridized carbons (Fsp3) is 0.562. The van der Waals surface area contributed by atoms with E-state index in [-0.39, 0.29) is 12.0 Å². The molecular weight excluding hydrogens is 238 g/mol. The molecule has 2 aliphatic rings. The van der Waals surface area contributed by atoms with E-state index in [1.807, 2.05) is 6.07 Å². The Morgan fingerprint density at radius 1 is 1.26 bits per heavy atom. The number of morpholine rings is 1. The molecule has 1 aliphatic heterocycles. The quantitative estimate of drug-likeness (QED) is 0.833. The van der Waals surface area contributed by atoms with Crippen LogP contribution in [-0.2, 0) is 16.0 Å². The summed E-state index contributed by atoms with van der Waals surface area (Å²) in [6, 6.07) is 10.6. The Bertz CT molecular complexity index is 428. The second-order valence-electron chi connectivity index (χ2n) is 5.58. The van der Waals surface area contributed by atoms with Crippen LogP contribution < -0.4 is 0 Å². The van der Waals surface area contributed by atoms with E-state index in [2.05, 4.69) is 29.2 Å². The monoisotopic (exact) mass is 259 g/mol. The zero-order chi connectivity index (χ0) is 13.1. The summed E-state index contributed by atoms with van der Waals surface area (Å²) in [5.74, 6) is 0.645. The van der Waals surface area contributed by atoms with Crippen molar-refractivity contribution in [2.75, 3.05) is 19.8 Å². The lowest BCUT2D eigenvalue weighted by Crippen LogP contribution is -2.52. The van der Waals surface area contributed by atoms with Crippen LogP contribution in [0.1, 0.15) is 24.8 Å². The Morgan fingerprint density at radius 2 is 2.05 bits per heavy atom. The number of ether oxygens (including phenoxy) is 1. The molecule has 0 N–H and O–H groups in total. The zero-order valence-electron chi connectivity index (χ0n) is 11.3. The molecule has 1 amide bonds. The van der Waals surface area contributed by atoms with E-state index in [0.29, 0.717) is 19.1 Å². The molecule has 0 spiro atoms. The zero-order valence-corrected chi connectivity index (χ0v) is 11.3. The first-order chi connectivity index (χ1) is 9.34. The Labute approximate surface area is 114 Å². The molecule has 2 fully saturated rings. The maximum atomic E-state index is 12.5. The van der Waals surface area contributed by atoms with Crippen molar-refractivity contribution in [1.29, 1.82) is 0 Å². The summed E-state index contributed by atoms with van der Waals surface area (Å²) in [6.45, 7) is 2.12. The van der Waals surface area contributed by atoms with Gasteiger partial charge in [0.2, 0.25) is 5.91 Å². The highest BCUT2D eigenvalue weighted by Gasteiger charge is 2.34. The van der Waals surface area contributed by atoms with Crippen LogP contribution in [0.4, 0.5) is 0 Å². The van der Waals surface area contributed by atoms with Gasteiger partial charge < -0.3 is 9.64 Å². The van der Waals surface area contributed by atoms with Crippen molar-refractivity contribution in [3.8, 4) is 0 Å². The summed E-state index contributed by atoms with van der Waals surface area (Å²) in [5.41, 5.74) is 1.28. The Kier molecular flexibility index (Phi) is 3.83. The fourth-order valence-corrected chi connectivity index (χ4v) is 2.89. The van der Waals surface area contributed by atoms with Crippen LogP contribution >= 0.6 is 0 Å². The molecular formula is C16H21NO2. The van der Waals surface area contributed by atoms with Gasteiger partial charge in [0.15, 0.2) is 0 Å². The summed E-state index contributed by atoms with van der Waals surface area (Å²) >= 11 is 0. The van der Waals surface area contributed by atoms with Gasteiger partial charge >= 0.3 is 0 Å². The van der Waals surface area contributed by atoms with Gasteiger partial charge in [0.05, 0.1) is 19.3 Å². The molecule has 3 nitrogen and oxygen atoms in total. The van der Waals surface area contributed by atoms with E-state index in [1.54, 1.807) is 0 Å². The van der Waals surface area contributed by atoms with Gasteiger partial charge in [0.25, 0.3) is 0 Å². The maximum absolute atomic E-state index is 12.5. The fourth-order valence-electron chi connectivity index (χ4n) is 2.89. The third-order valence-electron chi connectivity index (χ3n) is 4.28. The molecule has 1 heterocycles. The molecule has 1 atom stereocenters. The minimum atomic E-state index is 0.212. The highest BCUT2D eigenvalue weighted by molar-refractivity contribution is 5.80. The van der Waals surface area contributed by atoms with Gasteiger partial charge in [-0.25, -0.2) is 0 Å². The number of rotatable bonds is 3.